The van der Waals surface area contributed by atoms with Crippen molar-refractivity contribution in [2.45, 2.75) is 23.9 Å². The van der Waals surface area contributed by atoms with Crippen LogP contribution in [0.15, 0.2) is 58.2 Å². The molecule has 3 aromatic rings. The summed E-state index contributed by atoms with van der Waals surface area (Å²) in [5.41, 5.74) is 1.53. The fraction of sp³-hybridized carbons (Fsp3) is 0.167. The summed E-state index contributed by atoms with van der Waals surface area (Å²) in [6, 6.07) is 13.1. The highest BCUT2D eigenvalue weighted by Crippen LogP contribution is 2.27. The van der Waals surface area contributed by atoms with E-state index in [1.165, 1.54) is 12.1 Å². The fourth-order valence-electron chi connectivity index (χ4n) is 2.14. The van der Waals surface area contributed by atoms with Gasteiger partial charge < -0.3 is 9.73 Å². The summed E-state index contributed by atoms with van der Waals surface area (Å²) in [5, 5.41) is 11.2. The van der Waals surface area contributed by atoms with E-state index in [2.05, 4.69) is 15.5 Å². The molecule has 0 unspecified atom stereocenters. The molecule has 0 aliphatic carbocycles. The fourth-order valence-corrected chi connectivity index (χ4v) is 3.03. The van der Waals surface area contributed by atoms with Crippen molar-refractivity contribution >= 4 is 29.3 Å². The van der Waals surface area contributed by atoms with Crippen LogP contribution in [0.5, 0.6) is 0 Å². The maximum absolute atomic E-state index is 12.9. The molecule has 1 N–H and O–H groups in total. The number of nitrogens with one attached hydrogen (secondary N) is 1. The van der Waals surface area contributed by atoms with Gasteiger partial charge in [-0.15, -0.1) is 10.2 Å². The second kappa shape index (κ2) is 8.33. The Labute approximate surface area is 159 Å². The average molecular weight is 392 g/mol. The van der Waals surface area contributed by atoms with Crippen LogP contribution in [0.4, 0.5) is 4.39 Å². The number of halogens is 2. The molecule has 0 radical (unpaired) electrons. The number of hydrogen-bond donors (Lipinski definition) is 1. The number of carbonyl (C=O) groups is 1. The predicted molar refractivity (Wildman–Crippen MR) is 98.3 cm³/mol. The van der Waals surface area contributed by atoms with Gasteiger partial charge in [-0.3, -0.25) is 4.79 Å². The van der Waals surface area contributed by atoms with E-state index < -0.39 is 5.25 Å². The van der Waals surface area contributed by atoms with E-state index in [1.807, 2.05) is 6.07 Å². The van der Waals surface area contributed by atoms with Crippen LogP contribution in [0.2, 0.25) is 5.02 Å². The lowest BCUT2D eigenvalue weighted by atomic mass is 10.2. The van der Waals surface area contributed by atoms with Gasteiger partial charge in [-0.1, -0.05) is 41.6 Å². The van der Waals surface area contributed by atoms with Crippen molar-refractivity contribution in [2.24, 2.45) is 0 Å². The lowest BCUT2D eigenvalue weighted by molar-refractivity contribution is -0.120. The molecule has 8 heteroatoms. The zero-order valence-corrected chi connectivity index (χ0v) is 15.4. The van der Waals surface area contributed by atoms with Crippen molar-refractivity contribution in [3.05, 3.63) is 64.9 Å². The van der Waals surface area contributed by atoms with Crippen LogP contribution in [-0.2, 0) is 11.3 Å². The minimum absolute atomic E-state index is 0.179. The summed E-state index contributed by atoms with van der Waals surface area (Å²) in [6.07, 6.45) is 0. The molecule has 0 bridgehead atoms. The molecule has 1 atom stereocenters. The van der Waals surface area contributed by atoms with Crippen molar-refractivity contribution in [3.8, 4) is 11.5 Å². The molecule has 0 saturated heterocycles. The number of thioether (sulfide) groups is 1. The van der Waals surface area contributed by atoms with E-state index in [0.717, 1.165) is 17.3 Å². The standard InChI is InChI=1S/C18H15ClFN3O2S/c1-11(16(24)21-10-12-5-7-15(20)8-6-12)26-18-23-22-17(25-18)13-3-2-4-14(19)9-13/h2-9,11H,10H2,1H3,(H,21,24)/t11-/m1/s1. The lowest BCUT2D eigenvalue weighted by Gasteiger charge is -2.09. The molecule has 134 valence electrons. The molecule has 0 fully saturated rings. The quantitative estimate of drug-likeness (QED) is 0.633. The molecular formula is C18H15ClFN3O2S. The Hall–Kier alpha value is -2.38. The molecule has 0 saturated carbocycles. The smallest absolute Gasteiger partial charge is 0.277 e. The minimum atomic E-state index is -0.428. The minimum Gasteiger partial charge on any atom is -0.411 e. The number of nitrogens with zero attached hydrogens (tertiary/aromatic N) is 2. The molecule has 1 heterocycles. The molecule has 0 spiro atoms. The van der Waals surface area contributed by atoms with Gasteiger partial charge in [0.2, 0.25) is 11.8 Å². The third-order valence-corrected chi connectivity index (χ3v) is 4.67. The summed E-state index contributed by atoms with van der Waals surface area (Å²) < 4.78 is 18.5. The van der Waals surface area contributed by atoms with Crippen LogP contribution in [0.25, 0.3) is 11.5 Å². The second-order valence-electron chi connectivity index (χ2n) is 5.49. The second-order valence-corrected chi connectivity index (χ2v) is 7.22. The number of rotatable bonds is 6. The highest BCUT2D eigenvalue weighted by Gasteiger charge is 2.18. The van der Waals surface area contributed by atoms with Crippen LogP contribution in [0.3, 0.4) is 0 Å². The Kier molecular flexibility index (Phi) is 5.90. The van der Waals surface area contributed by atoms with Crippen LogP contribution in [0.1, 0.15) is 12.5 Å². The van der Waals surface area contributed by atoms with Gasteiger partial charge in [-0.25, -0.2) is 4.39 Å². The number of hydrogen-bond acceptors (Lipinski definition) is 5. The maximum Gasteiger partial charge on any atom is 0.277 e. The van der Waals surface area contributed by atoms with Crippen molar-refractivity contribution < 1.29 is 13.6 Å². The molecule has 1 aromatic heterocycles. The first-order valence-electron chi connectivity index (χ1n) is 7.79. The van der Waals surface area contributed by atoms with E-state index in [4.69, 9.17) is 16.0 Å². The van der Waals surface area contributed by atoms with Crippen molar-refractivity contribution in [3.63, 3.8) is 0 Å². The van der Waals surface area contributed by atoms with Gasteiger partial charge in [-0.2, -0.15) is 0 Å². The van der Waals surface area contributed by atoms with E-state index in [1.54, 1.807) is 37.3 Å². The number of amides is 1. The highest BCUT2D eigenvalue weighted by atomic mass is 35.5. The topological polar surface area (TPSA) is 68.0 Å². The molecule has 3 rings (SSSR count). The zero-order valence-electron chi connectivity index (χ0n) is 13.8. The largest absolute Gasteiger partial charge is 0.411 e. The Morgan fingerprint density at radius 1 is 1.27 bits per heavy atom. The van der Waals surface area contributed by atoms with Gasteiger partial charge in [0.15, 0.2) is 0 Å². The van der Waals surface area contributed by atoms with Crippen LogP contribution >= 0.6 is 23.4 Å². The highest BCUT2D eigenvalue weighted by molar-refractivity contribution is 8.00. The maximum atomic E-state index is 12.9. The predicted octanol–water partition coefficient (Wildman–Crippen LogP) is 4.33. The SMILES string of the molecule is C[C@@H](Sc1nnc(-c2cccc(Cl)c2)o1)C(=O)NCc1ccc(F)cc1. The summed E-state index contributed by atoms with van der Waals surface area (Å²) in [4.78, 5) is 12.2. The van der Waals surface area contributed by atoms with Crippen molar-refractivity contribution in [1.29, 1.82) is 0 Å². The van der Waals surface area contributed by atoms with E-state index in [9.17, 15) is 9.18 Å². The van der Waals surface area contributed by atoms with E-state index in [-0.39, 0.29) is 11.7 Å². The molecule has 1 amide bonds. The Morgan fingerprint density at radius 3 is 2.77 bits per heavy atom. The number of benzene rings is 2. The average Bonchev–Trinajstić information content (AvgIpc) is 3.09. The first-order chi connectivity index (χ1) is 12.5. The number of aromatic nitrogens is 2. The van der Waals surface area contributed by atoms with Gasteiger partial charge in [-0.05, 0) is 42.8 Å². The van der Waals surface area contributed by atoms with E-state index >= 15 is 0 Å². The van der Waals surface area contributed by atoms with Crippen molar-refractivity contribution in [2.75, 3.05) is 0 Å². The zero-order chi connectivity index (χ0) is 18.5. The molecule has 0 aliphatic heterocycles. The van der Waals surface area contributed by atoms with Crippen LogP contribution < -0.4 is 5.32 Å². The molecular weight excluding hydrogens is 377 g/mol. The Bertz CT molecular complexity index is 901. The van der Waals surface area contributed by atoms with Gasteiger partial charge in [0, 0.05) is 17.1 Å². The molecule has 0 aliphatic rings. The number of carbonyl (C=O) groups excluding carboxylic acids is 1. The monoisotopic (exact) mass is 391 g/mol. The van der Waals surface area contributed by atoms with Crippen LogP contribution in [0, 0.1) is 5.82 Å². The summed E-state index contributed by atoms with van der Waals surface area (Å²) in [7, 11) is 0. The molecule has 2 aromatic carbocycles. The van der Waals surface area contributed by atoms with Gasteiger partial charge >= 0.3 is 0 Å². The van der Waals surface area contributed by atoms with Gasteiger partial charge in [0.05, 0.1) is 5.25 Å². The van der Waals surface area contributed by atoms with Crippen molar-refractivity contribution in [1.82, 2.24) is 15.5 Å². The third-order valence-electron chi connectivity index (χ3n) is 3.50. The normalized spacial score (nSPS) is 12.0. The molecule has 5 nitrogen and oxygen atoms in total. The third kappa shape index (κ3) is 4.83. The Morgan fingerprint density at radius 2 is 2.04 bits per heavy atom. The van der Waals surface area contributed by atoms with Crippen LogP contribution in [-0.4, -0.2) is 21.4 Å². The first kappa shape index (κ1) is 18.4. The van der Waals surface area contributed by atoms with Gasteiger partial charge in [0.25, 0.3) is 5.22 Å². The Balaban J connectivity index is 1.56. The summed E-state index contributed by atoms with van der Waals surface area (Å²) in [6.45, 7) is 2.07. The lowest BCUT2D eigenvalue weighted by Crippen LogP contribution is -2.30. The first-order valence-corrected chi connectivity index (χ1v) is 9.05. The summed E-state index contributed by atoms with van der Waals surface area (Å²) in [5.74, 6) is -0.147. The molecule has 26 heavy (non-hydrogen) atoms. The van der Waals surface area contributed by atoms with E-state index in [0.29, 0.717) is 28.2 Å². The summed E-state index contributed by atoms with van der Waals surface area (Å²) >= 11 is 7.12. The van der Waals surface area contributed by atoms with Gasteiger partial charge in [0.1, 0.15) is 5.82 Å².